The van der Waals surface area contributed by atoms with Gasteiger partial charge < -0.3 is 20.3 Å². The zero-order chi connectivity index (χ0) is 15.5. The van der Waals surface area contributed by atoms with Crippen LogP contribution in [-0.4, -0.2) is 42.4 Å². The Labute approximate surface area is 122 Å². The van der Waals surface area contributed by atoms with Gasteiger partial charge in [0.2, 0.25) is 0 Å². The summed E-state index contributed by atoms with van der Waals surface area (Å²) in [6.45, 7) is 1.07. The summed E-state index contributed by atoms with van der Waals surface area (Å²) in [5, 5.41) is 21.2. The number of rotatable bonds is 6. The van der Waals surface area contributed by atoms with Gasteiger partial charge in [-0.05, 0) is 31.0 Å². The van der Waals surface area contributed by atoms with Crippen molar-refractivity contribution in [2.24, 2.45) is 5.41 Å². The van der Waals surface area contributed by atoms with Gasteiger partial charge in [0.1, 0.15) is 5.75 Å². The van der Waals surface area contributed by atoms with Gasteiger partial charge in [-0.1, -0.05) is 6.42 Å². The van der Waals surface area contributed by atoms with Crippen LogP contribution in [0.4, 0.5) is 0 Å². The molecule has 0 bridgehead atoms. The quantitative estimate of drug-likeness (QED) is 0.741. The van der Waals surface area contributed by atoms with Crippen molar-refractivity contribution in [2.45, 2.75) is 19.3 Å². The molecule has 1 fully saturated rings. The summed E-state index contributed by atoms with van der Waals surface area (Å²) >= 11 is 0. The normalized spacial score (nSPS) is 16.0. The topological polar surface area (TPSA) is 95.9 Å². The molecule has 1 amide bonds. The Kier molecular flexibility index (Phi) is 4.47. The third kappa shape index (κ3) is 3.52. The molecule has 6 nitrogen and oxygen atoms in total. The first kappa shape index (κ1) is 15.3. The number of carboxylic acids is 1. The summed E-state index contributed by atoms with van der Waals surface area (Å²) in [4.78, 5) is 23.0. The molecule has 1 aliphatic rings. The molecule has 0 heterocycles. The summed E-state index contributed by atoms with van der Waals surface area (Å²) in [7, 11) is 1.64. The van der Waals surface area contributed by atoms with Gasteiger partial charge in [-0.2, -0.15) is 0 Å². The Bertz CT molecular complexity index is 551. The van der Waals surface area contributed by atoms with E-state index in [1.165, 1.54) is 12.1 Å². The molecule has 1 aromatic rings. The predicted molar refractivity (Wildman–Crippen MR) is 75.6 cm³/mol. The molecule has 1 saturated carbocycles. The number of carboxylic acid groups (broad SMARTS) is 1. The number of hydrogen-bond acceptors (Lipinski definition) is 4. The number of carbonyl (C=O) groups excluding carboxylic acids is 1. The van der Waals surface area contributed by atoms with Crippen molar-refractivity contribution in [1.29, 1.82) is 0 Å². The summed E-state index contributed by atoms with van der Waals surface area (Å²) in [5.74, 6) is -1.82. The number of phenols is 1. The van der Waals surface area contributed by atoms with E-state index in [0.717, 1.165) is 25.3 Å². The number of benzene rings is 1. The number of carbonyl (C=O) groups is 2. The second-order valence-electron chi connectivity index (χ2n) is 5.54. The molecule has 1 aromatic carbocycles. The molecule has 0 unspecified atom stereocenters. The maximum Gasteiger partial charge on any atom is 0.335 e. The highest BCUT2D eigenvalue weighted by molar-refractivity contribution is 5.98. The molecule has 3 N–H and O–H groups in total. The van der Waals surface area contributed by atoms with E-state index in [0.29, 0.717) is 13.2 Å². The molecule has 2 rings (SSSR count). The fourth-order valence-electron chi connectivity index (χ4n) is 2.59. The minimum atomic E-state index is -1.19. The van der Waals surface area contributed by atoms with Gasteiger partial charge in [0.25, 0.3) is 5.91 Å². The van der Waals surface area contributed by atoms with Gasteiger partial charge in [-0.3, -0.25) is 4.79 Å². The van der Waals surface area contributed by atoms with Gasteiger partial charge in [-0.15, -0.1) is 0 Å². The Balaban J connectivity index is 2.05. The Morgan fingerprint density at radius 1 is 1.29 bits per heavy atom. The van der Waals surface area contributed by atoms with Gasteiger partial charge >= 0.3 is 5.97 Å². The molecule has 0 atom stereocenters. The molecule has 114 valence electrons. The number of nitrogens with one attached hydrogen (secondary N) is 1. The van der Waals surface area contributed by atoms with E-state index >= 15 is 0 Å². The fourth-order valence-corrected chi connectivity index (χ4v) is 2.59. The zero-order valence-corrected chi connectivity index (χ0v) is 11.9. The van der Waals surface area contributed by atoms with Crippen LogP contribution in [-0.2, 0) is 4.74 Å². The first-order valence-electron chi connectivity index (χ1n) is 6.80. The first-order chi connectivity index (χ1) is 9.96. The average Bonchev–Trinajstić information content (AvgIpc) is 2.40. The maximum absolute atomic E-state index is 12.1. The van der Waals surface area contributed by atoms with E-state index in [-0.39, 0.29) is 22.3 Å². The van der Waals surface area contributed by atoms with Gasteiger partial charge in [-0.25, -0.2) is 4.79 Å². The van der Waals surface area contributed by atoms with E-state index in [1.54, 1.807) is 7.11 Å². The predicted octanol–water partition coefficient (Wildman–Crippen LogP) is 1.64. The Morgan fingerprint density at radius 2 is 1.95 bits per heavy atom. The van der Waals surface area contributed by atoms with E-state index in [9.17, 15) is 14.7 Å². The SMILES string of the molecule is COCC1(CNC(=O)c2cc(O)cc(C(=O)O)c2)CCC1. The molecule has 0 aliphatic heterocycles. The van der Waals surface area contributed by atoms with E-state index in [4.69, 9.17) is 9.84 Å². The van der Waals surface area contributed by atoms with Crippen LogP contribution < -0.4 is 5.32 Å². The van der Waals surface area contributed by atoms with Crippen molar-refractivity contribution in [3.63, 3.8) is 0 Å². The van der Waals surface area contributed by atoms with E-state index < -0.39 is 11.9 Å². The monoisotopic (exact) mass is 293 g/mol. The zero-order valence-electron chi connectivity index (χ0n) is 11.9. The molecule has 0 spiro atoms. The summed E-state index contributed by atoms with van der Waals surface area (Å²) in [5.41, 5.74) is 0.00586. The highest BCUT2D eigenvalue weighted by Gasteiger charge is 2.37. The van der Waals surface area contributed by atoms with Crippen molar-refractivity contribution in [1.82, 2.24) is 5.32 Å². The van der Waals surface area contributed by atoms with Gasteiger partial charge in [0.15, 0.2) is 0 Å². The van der Waals surface area contributed by atoms with Crippen LogP contribution in [0.15, 0.2) is 18.2 Å². The van der Waals surface area contributed by atoms with Crippen molar-refractivity contribution in [3.05, 3.63) is 29.3 Å². The minimum Gasteiger partial charge on any atom is -0.508 e. The summed E-state index contributed by atoms with van der Waals surface area (Å²) < 4.78 is 5.19. The van der Waals surface area contributed by atoms with Crippen molar-refractivity contribution in [3.8, 4) is 5.75 Å². The lowest BCUT2D eigenvalue weighted by molar-refractivity contribution is 0.0180. The lowest BCUT2D eigenvalue weighted by atomic mass is 9.69. The lowest BCUT2D eigenvalue weighted by Crippen LogP contribution is -2.45. The highest BCUT2D eigenvalue weighted by Crippen LogP contribution is 2.40. The molecular weight excluding hydrogens is 274 g/mol. The second-order valence-corrected chi connectivity index (χ2v) is 5.54. The molecule has 21 heavy (non-hydrogen) atoms. The van der Waals surface area contributed by atoms with Gasteiger partial charge in [0, 0.05) is 24.6 Å². The van der Waals surface area contributed by atoms with Crippen LogP contribution in [0.1, 0.15) is 40.0 Å². The van der Waals surface area contributed by atoms with Crippen LogP contribution in [0.25, 0.3) is 0 Å². The van der Waals surface area contributed by atoms with Crippen LogP contribution in [0.3, 0.4) is 0 Å². The van der Waals surface area contributed by atoms with E-state index in [1.807, 2.05) is 0 Å². The molecule has 0 radical (unpaired) electrons. The van der Waals surface area contributed by atoms with Crippen LogP contribution in [0, 0.1) is 5.41 Å². The molecule has 0 saturated heterocycles. The Morgan fingerprint density at radius 3 is 2.48 bits per heavy atom. The number of amides is 1. The second kappa shape index (κ2) is 6.13. The summed E-state index contributed by atoms with van der Waals surface area (Å²) in [6.07, 6.45) is 3.12. The number of aromatic hydroxyl groups is 1. The number of aromatic carboxylic acids is 1. The highest BCUT2D eigenvalue weighted by atomic mass is 16.5. The number of phenolic OH excluding ortho intramolecular Hbond substituents is 1. The Hall–Kier alpha value is -2.08. The van der Waals surface area contributed by atoms with E-state index in [2.05, 4.69) is 5.32 Å². The first-order valence-corrected chi connectivity index (χ1v) is 6.80. The smallest absolute Gasteiger partial charge is 0.335 e. The molecular formula is C15H19NO5. The molecule has 6 heteroatoms. The largest absolute Gasteiger partial charge is 0.508 e. The maximum atomic E-state index is 12.1. The fraction of sp³-hybridized carbons (Fsp3) is 0.467. The average molecular weight is 293 g/mol. The summed E-state index contributed by atoms with van der Waals surface area (Å²) in [6, 6.07) is 3.62. The number of methoxy groups -OCH3 is 1. The van der Waals surface area contributed by atoms with Crippen LogP contribution >= 0.6 is 0 Å². The van der Waals surface area contributed by atoms with Crippen LogP contribution in [0.2, 0.25) is 0 Å². The third-order valence-corrected chi connectivity index (χ3v) is 3.92. The lowest BCUT2D eigenvalue weighted by Gasteiger charge is -2.41. The molecule has 1 aliphatic carbocycles. The number of hydrogen-bond donors (Lipinski definition) is 3. The minimum absolute atomic E-state index is 0.0170. The number of ether oxygens (including phenoxy) is 1. The standard InChI is InChI=1S/C15H19NO5/c1-21-9-15(3-2-4-15)8-16-13(18)10-5-11(14(19)20)7-12(17)6-10/h5-7,17H,2-4,8-9H2,1H3,(H,16,18)(H,19,20). The van der Waals surface area contributed by atoms with Crippen LogP contribution in [0.5, 0.6) is 5.75 Å². The van der Waals surface area contributed by atoms with Crippen molar-refractivity contribution < 1.29 is 24.5 Å². The van der Waals surface area contributed by atoms with Crippen molar-refractivity contribution >= 4 is 11.9 Å². The van der Waals surface area contributed by atoms with Gasteiger partial charge in [0.05, 0.1) is 12.2 Å². The third-order valence-electron chi connectivity index (χ3n) is 3.92. The van der Waals surface area contributed by atoms with Crippen molar-refractivity contribution in [2.75, 3.05) is 20.3 Å². The molecule has 0 aromatic heterocycles.